The molecule has 0 aliphatic carbocycles. The third-order valence-corrected chi connectivity index (χ3v) is 7.09. The number of amides is 1. The summed E-state index contributed by atoms with van der Waals surface area (Å²) in [4.78, 5) is 12.8. The highest BCUT2D eigenvalue weighted by Crippen LogP contribution is 2.33. The second-order valence-corrected chi connectivity index (χ2v) is 9.67. The molecule has 0 aliphatic rings. The van der Waals surface area contributed by atoms with Crippen molar-refractivity contribution in [3.63, 3.8) is 0 Å². The first-order valence-electron chi connectivity index (χ1n) is 10.6. The van der Waals surface area contributed by atoms with Crippen LogP contribution in [0.2, 0.25) is 0 Å². The van der Waals surface area contributed by atoms with Gasteiger partial charge in [-0.2, -0.15) is 13.2 Å². The Bertz CT molecular complexity index is 1230. The van der Waals surface area contributed by atoms with Gasteiger partial charge < -0.3 is 5.32 Å². The molecule has 3 rings (SSSR count). The van der Waals surface area contributed by atoms with Crippen LogP contribution in [0, 0.1) is 6.92 Å². The number of anilines is 1. The second-order valence-electron chi connectivity index (χ2n) is 7.81. The summed E-state index contributed by atoms with van der Waals surface area (Å²) in [6.07, 6.45) is -4.12. The molecule has 3 aromatic rings. The fraction of sp³-hybridized carbons (Fsp3) is 0.240. The van der Waals surface area contributed by atoms with Gasteiger partial charge in [-0.15, -0.1) is 0 Å². The van der Waals surface area contributed by atoms with E-state index in [1.54, 1.807) is 19.1 Å². The van der Waals surface area contributed by atoms with Gasteiger partial charge in [0, 0.05) is 0 Å². The molecule has 1 atom stereocenters. The number of sulfonamides is 1. The summed E-state index contributed by atoms with van der Waals surface area (Å²) in [7, 11) is -4.33. The number of benzene rings is 3. The topological polar surface area (TPSA) is 66.5 Å². The van der Waals surface area contributed by atoms with Crippen LogP contribution in [0.15, 0.2) is 83.8 Å². The lowest BCUT2D eigenvalue weighted by Gasteiger charge is -2.26. The zero-order valence-electron chi connectivity index (χ0n) is 18.7. The van der Waals surface area contributed by atoms with Crippen molar-refractivity contribution in [1.29, 1.82) is 0 Å². The highest BCUT2D eigenvalue weighted by molar-refractivity contribution is 7.92. The van der Waals surface area contributed by atoms with Crippen LogP contribution in [0.25, 0.3) is 0 Å². The maximum Gasteiger partial charge on any atom is 0.416 e. The monoisotopic (exact) mass is 490 g/mol. The molecule has 0 heterocycles. The number of nitrogens with one attached hydrogen (secondary N) is 1. The van der Waals surface area contributed by atoms with Gasteiger partial charge in [-0.1, -0.05) is 61.0 Å². The molecule has 5 nitrogen and oxygen atoms in total. The van der Waals surface area contributed by atoms with E-state index >= 15 is 0 Å². The van der Waals surface area contributed by atoms with E-state index in [0.717, 1.165) is 29.3 Å². The normalized spacial score (nSPS) is 12.7. The van der Waals surface area contributed by atoms with Crippen molar-refractivity contribution in [2.24, 2.45) is 0 Å². The summed E-state index contributed by atoms with van der Waals surface area (Å²) in [5.41, 5.74) is 0.393. The zero-order chi connectivity index (χ0) is 24.9. The molecule has 1 N–H and O–H groups in total. The summed E-state index contributed by atoms with van der Waals surface area (Å²) < 4.78 is 67.5. The molecule has 0 bridgehead atoms. The van der Waals surface area contributed by atoms with E-state index in [1.165, 1.54) is 18.2 Å². The Morgan fingerprint density at radius 1 is 0.971 bits per heavy atom. The van der Waals surface area contributed by atoms with E-state index < -0.39 is 34.2 Å². The van der Waals surface area contributed by atoms with Crippen LogP contribution in [0.3, 0.4) is 0 Å². The highest BCUT2D eigenvalue weighted by Gasteiger charge is 2.33. The number of halogens is 3. The lowest BCUT2D eigenvalue weighted by atomic mass is 10.0. The molecule has 180 valence electrons. The number of nitrogens with zero attached hydrogens (tertiary/aromatic N) is 1. The van der Waals surface area contributed by atoms with Crippen LogP contribution in [0.4, 0.5) is 18.9 Å². The lowest BCUT2D eigenvalue weighted by Crippen LogP contribution is -2.42. The van der Waals surface area contributed by atoms with Gasteiger partial charge in [-0.05, 0) is 49.2 Å². The standard InChI is InChI=1S/C25H25F3N2O3S/c1-3-23(19-8-5-4-6-9-19)29-24(31)17-30(21-11-7-10-20(16-21)25(26,27)28)34(32,33)22-14-12-18(2)13-15-22/h4-16,23H,3,17H2,1-2H3,(H,29,31)/t23-/m0/s1. The van der Waals surface area contributed by atoms with Crippen molar-refractivity contribution in [1.82, 2.24) is 5.32 Å². The molecule has 34 heavy (non-hydrogen) atoms. The van der Waals surface area contributed by atoms with Crippen molar-refractivity contribution < 1.29 is 26.4 Å². The van der Waals surface area contributed by atoms with Crippen molar-refractivity contribution in [3.05, 3.63) is 95.6 Å². The third-order valence-electron chi connectivity index (χ3n) is 5.30. The molecule has 0 aliphatic heterocycles. The summed E-state index contributed by atoms with van der Waals surface area (Å²) in [5, 5.41) is 2.79. The van der Waals surface area contributed by atoms with Crippen LogP contribution in [0.1, 0.15) is 36.1 Å². The van der Waals surface area contributed by atoms with Gasteiger partial charge in [0.15, 0.2) is 0 Å². The Hall–Kier alpha value is -3.33. The predicted molar refractivity (Wildman–Crippen MR) is 125 cm³/mol. The van der Waals surface area contributed by atoms with Gasteiger partial charge in [0.25, 0.3) is 10.0 Å². The van der Waals surface area contributed by atoms with Crippen molar-refractivity contribution in [3.8, 4) is 0 Å². The molecule has 0 fully saturated rings. The van der Waals surface area contributed by atoms with Crippen molar-refractivity contribution in [2.45, 2.75) is 37.4 Å². The van der Waals surface area contributed by atoms with Gasteiger partial charge in [0.1, 0.15) is 6.54 Å². The largest absolute Gasteiger partial charge is 0.416 e. The van der Waals surface area contributed by atoms with Crippen molar-refractivity contribution in [2.75, 3.05) is 10.8 Å². The Morgan fingerprint density at radius 3 is 2.21 bits per heavy atom. The average Bonchev–Trinajstić information content (AvgIpc) is 2.81. The molecule has 9 heteroatoms. The fourth-order valence-electron chi connectivity index (χ4n) is 3.47. The lowest BCUT2D eigenvalue weighted by molar-refractivity contribution is -0.137. The fourth-order valence-corrected chi connectivity index (χ4v) is 4.88. The van der Waals surface area contributed by atoms with Crippen LogP contribution in [-0.4, -0.2) is 20.9 Å². The van der Waals surface area contributed by atoms with Gasteiger partial charge in [-0.3, -0.25) is 9.10 Å². The Labute approximate surface area is 197 Å². The van der Waals surface area contributed by atoms with Gasteiger partial charge >= 0.3 is 6.18 Å². The quantitative estimate of drug-likeness (QED) is 0.455. The van der Waals surface area contributed by atoms with Gasteiger partial charge in [0.2, 0.25) is 5.91 Å². The molecule has 0 aromatic heterocycles. The summed E-state index contributed by atoms with van der Waals surface area (Å²) in [6, 6.07) is 18.6. The van der Waals surface area contributed by atoms with E-state index in [9.17, 15) is 26.4 Å². The van der Waals surface area contributed by atoms with E-state index in [-0.39, 0.29) is 16.6 Å². The first-order chi connectivity index (χ1) is 16.0. The van der Waals surface area contributed by atoms with Crippen LogP contribution < -0.4 is 9.62 Å². The molecule has 3 aromatic carbocycles. The Kier molecular flexibility index (Phi) is 7.66. The third kappa shape index (κ3) is 5.96. The van der Waals surface area contributed by atoms with E-state index in [0.29, 0.717) is 10.7 Å². The molecule has 0 spiro atoms. The number of aryl methyl sites for hydroxylation is 1. The minimum absolute atomic E-state index is 0.126. The number of hydrogen-bond donors (Lipinski definition) is 1. The van der Waals surface area contributed by atoms with E-state index in [1.807, 2.05) is 37.3 Å². The molecule has 0 unspecified atom stereocenters. The maximum absolute atomic E-state index is 13.4. The van der Waals surface area contributed by atoms with E-state index in [4.69, 9.17) is 0 Å². The molecule has 0 radical (unpaired) electrons. The summed E-state index contributed by atoms with van der Waals surface area (Å²) >= 11 is 0. The van der Waals surface area contributed by atoms with Crippen LogP contribution in [-0.2, 0) is 21.0 Å². The van der Waals surface area contributed by atoms with Gasteiger partial charge in [-0.25, -0.2) is 8.42 Å². The zero-order valence-corrected chi connectivity index (χ0v) is 19.5. The molecule has 1 amide bonds. The first-order valence-corrected chi connectivity index (χ1v) is 12.1. The SMILES string of the molecule is CC[C@H](NC(=O)CN(c1cccc(C(F)(F)F)c1)S(=O)(=O)c1ccc(C)cc1)c1ccccc1. The van der Waals surface area contributed by atoms with Crippen LogP contribution >= 0.6 is 0 Å². The van der Waals surface area contributed by atoms with Gasteiger partial charge in [0.05, 0.1) is 22.2 Å². The molecule has 0 saturated carbocycles. The number of alkyl halides is 3. The Morgan fingerprint density at radius 2 is 1.62 bits per heavy atom. The summed E-state index contributed by atoms with van der Waals surface area (Å²) in [6.45, 7) is 2.97. The number of rotatable bonds is 8. The molecule has 0 saturated heterocycles. The minimum Gasteiger partial charge on any atom is -0.348 e. The highest BCUT2D eigenvalue weighted by atomic mass is 32.2. The maximum atomic E-state index is 13.4. The minimum atomic E-state index is -4.67. The summed E-state index contributed by atoms with van der Waals surface area (Å²) in [5.74, 6) is -0.635. The second kappa shape index (κ2) is 10.3. The smallest absolute Gasteiger partial charge is 0.348 e. The number of hydrogen-bond acceptors (Lipinski definition) is 3. The number of carbonyl (C=O) groups is 1. The predicted octanol–water partition coefficient (Wildman–Crippen LogP) is 5.48. The van der Waals surface area contributed by atoms with E-state index in [2.05, 4.69) is 5.32 Å². The molecular formula is C25H25F3N2O3S. The average molecular weight is 491 g/mol. The molecular weight excluding hydrogens is 465 g/mol. The van der Waals surface area contributed by atoms with Crippen molar-refractivity contribution >= 4 is 21.6 Å². The first kappa shape index (κ1) is 25.3. The number of carbonyl (C=O) groups excluding carboxylic acids is 1. The Balaban J connectivity index is 1.98. The van der Waals surface area contributed by atoms with Crippen LogP contribution in [0.5, 0.6) is 0 Å².